The van der Waals surface area contributed by atoms with Crippen molar-refractivity contribution < 1.29 is 17.9 Å². The van der Waals surface area contributed by atoms with Crippen molar-refractivity contribution in [3.63, 3.8) is 0 Å². The number of hydrogen-bond acceptors (Lipinski definition) is 8. The van der Waals surface area contributed by atoms with Crippen LogP contribution in [-0.4, -0.2) is 70.1 Å². The van der Waals surface area contributed by atoms with Gasteiger partial charge < -0.3 is 14.5 Å². The molecule has 0 N–H and O–H groups in total. The molecule has 0 unspecified atom stereocenters. The average molecular weight is 535 g/mol. The van der Waals surface area contributed by atoms with Crippen LogP contribution in [0.2, 0.25) is 0 Å². The van der Waals surface area contributed by atoms with Gasteiger partial charge in [-0.2, -0.15) is 0 Å². The molecule has 1 aromatic carbocycles. The SMILES string of the molecule is CC(C)(C)OC(=O)N1CCN(c2ncnc3c2c(-c2ccccn2)cn3S(=O)(=O)Cc2ccccc2)CC1. The Morgan fingerprint density at radius 2 is 1.66 bits per heavy atom. The lowest BCUT2D eigenvalue weighted by atomic mass is 10.1. The van der Waals surface area contributed by atoms with Gasteiger partial charge in [-0.05, 0) is 38.5 Å². The summed E-state index contributed by atoms with van der Waals surface area (Å²) in [6.45, 7) is 7.44. The maximum Gasteiger partial charge on any atom is 0.410 e. The number of anilines is 1. The lowest BCUT2D eigenvalue weighted by Crippen LogP contribution is -2.50. The number of fused-ring (bicyclic) bond motifs is 1. The molecule has 1 aliphatic rings. The van der Waals surface area contributed by atoms with Gasteiger partial charge in [-0.3, -0.25) is 4.98 Å². The van der Waals surface area contributed by atoms with Crippen LogP contribution in [0.5, 0.6) is 0 Å². The molecule has 38 heavy (non-hydrogen) atoms. The second kappa shape index (κ2) is 10.1. The molecule has 4 aromatic rings. The molecule has 1 saturated heterocycles. The highest BCUT2D eigenvalue weighted by atomic mass is 32.2. The highest BCUT2D eigenvalue weighted by Gasteiger charge is 2.30. The zero-order valence-corrected chi connectivity index (χ0v) is 22.4. The first-order valence-corrected chi connectivity index (χ1v) is 14.0. The summed E-state index contributed by atoms with van der Waals surface area (Å²) in [5.74, 6) is 0.431. The topological polar surface area (TPSA) is 111 Å². The van der Waals surface area contributed by atoms with Crippen LogP contribution in [0, 0.1) is 0 Å². The molecule has 0 saturated carbocycles. The Bertz CT molecular complexity index is 1540. The highest BCUT2D eigenvalue weighted by Crippen LogP contribution is 2.36. The van der Waals surface area contributed by atoms with Gasteiger partial charge in [-0.25, -0.2) is 27.2 Å². The van der Waals surface area contributed by atoms with E-state index in [-0.39, 0.29) is 11.8 Å². The van der Waals surface area contributed by atoms with Crippen molar-refractivity contribution in [2.75, 3.05) is 31.1 Å². The largest absolute Gasteiger partial charge is 0.444 e. The Labute approximate surface area is 222 Å². The van der Waals surface area contributed by atoms with Crippen LogP contribution in [0.3, 0.4) is 0 Å². The summed E-state index contributed by atoms with van der Waals surface area (Å²) in [6.07, 6.45) is 4.28. The van der Waals surface area contributed by atoms with E-state index in [1.807, 2.05) is 62.1 Å². The van der Waals surface area contributed by atoms with Gasteiger partial charge in [0.2, 0.25) is 10.0 Å². The first-order chi connectivity index (χ1) is 18.1. The van der Waals surface area contributed by atoms with E-state index < -0.39 is 15.6 Å². The van der Waals surface area contributed by atoms with Crippen LogP contribution < -0.4 is 4.90 Å². The minimum Gasteiger partial charge on any atom is -0.444 e. The van der Waals surface area contributed by atoms with Gasteiger partial charge in [0, 0.05) is 44.1 Å². The standard InChI is InChI=1S/C27H30N6O4S/c1-27(2,3)37-26(34)32-15-13-31(14-16-32)24-23-21(22-11-7-8-12-28-22)17-33(25(23)30-19-29-24)38(35,36)18-20-9-5-4-6-10-20/h4-12,17,19H,13-16,18H2,1-3H3. The number of pyridine rings is 1. The summed E-state index contributed by atoms with van der Waals surface area (Å²) < 4.78 is 33.9. The smallest absolute Gasteiger partial charge is 0.410 e. The monoisotopic (exact) mass is 534 g/mol. The number of carbonyl (C=O) groups excluding carboxylic acids is 1. The van der Waals surface area contributed by atoms with Gasteiger partial charge >= 0.3 is 6.09 Å². The van der Waals surface area contributed by atoms with E-state index in [9.17, 15) is 13.2 Å². The van der Waals surface area contributed by atoms with Crippen LogP contribution in [0.1, 0.15) is 26.3 Å². The van der Waals surface area contributed by atoms with Gasteiger partial charge in [0.25, 0.3) is 0 Å². The Morgan fingerprint density at radius 1 is 0.947 bits per heavy atom. The Morgan fingerprint density at radius 3 is 2.32 bits per heavy atom. The summed E-state index contributed by atoms with van der Waals surface area (Å²) in [5.41, 5.74) is 1.65. The zero-order valence-electron chi connectivity index (χ0n) is 21.6. The summed E-state index contributed by atoms with van der Waals surface area (Å²) in [6, 6.07) is 14.5. The maximum atomic E-state index is 13.6. The Balaban J connectivity index is 1.54. The van der Waals surface area contributed by atoms with Crippen molar-refractivity contribution in [3.05, 3.63) is 72.8 Å². The Hall–Kier alpha value is -3.99. The second-order valence-corrected chi connectivity index (χ2v) is 12.0. The fourth-order valence-corrected chi connectivity index (χ4v) is 5.89. The fourth-order valence-electron chi connectivity index (χ4n) is 4.47. The third-order valence-corrected chi connectivity index (χ3v) is 7.77. The first-order valence-electron chi connectivity index (χ1n) is 12.4. The molecule has 10 nitrogen and oxygen atoms in total. The highest BCUT2D eigenvalue weighted by molar-refractivity contribution is 7.89. The number of hydrogen-bond donors (Lipinski definition) is 0. The van der Waals surface area contributed by atoms with Crippen LogP contribution in [0.15, 0.2) is 67.3 Å². The number of aromatic nitrogens is 4. The maximum absolute atomic E-state index is 13.6. The number of ether oxygens (including phenoxy) is 1. The lowest BCUT2D eigenvalue weighted by molar-refractivity contribution is 0.0240. The average Bonchev–Trinajstić information content (AvgIpc) is 3.30. The molecule has 0 spiro atoms. The Kier molecular flexibility index (Phi) is 6.78. The zero-order chi connectivity index (χ0) is 26.9. The van der Waals surface area contributed by atoms with E-state index in [0.717, 1.165) is 0 Å². The minimum absolute atomic E-state index is 0.173. The number of carbonyl (C=O) groups is 1. The number of rotatable bonds is 5. The van der Waals surface area contributed by atoms with E-state index in [1.54, 1.807) is 29.4 Å². The predicted octanol–water partition coefficient (Wildman–Crippen LogP) is 3.93. The molecule has 3 aromatic heterocycles. The van der Waals surface area contributed by atoms with Gasteiger partial charge in [0.1, 0.15) is 17.7 Å². The predicted molar refractivity (Wildman–Crippen MR) is 145 cm³/mol. The van der Waals surface area contributed by atoms with Crippen LogP contribution in [0.25, 0.3) is 22.3 Å². The molecule has 0 radical (unpaired) electrons. The van der Waals surface area contributed by atoms with Gasteiger partial charge in [0.05, 0.1) is 16.8 Å². The van der Waals surface area contributed by atoms with Gasteiger partial charge in [0.15, 0.2) is 5.65 Å². The van der Waals surface area contributed by atoms with Crippen molar-refractivity contribution >= 4 is 33.0 Å². The summed E-state index contributed by atoms with van der Waals surface area (Å²) >= 11 is 0. The number of piperazine rings is 1. The molecule has 4 heterocycles. The molecule has 0 atom stereocenters. The third-order valence-electron chi connectivity index (χ3n) is 6.20. The van der Waals surface area contributed by atoms with Crippen molar-refractivity contribution in [2.45, 2.75) is 32.1 Å². The van der Waals surface area contributed by atoms with Crippen molar-refractivity contribution in [2.24, 2.45) is 0 Å². The normalized spacial score (nSPS) is 14.6. The number of nitrogens with zero attached hydrogens (tertiary/aromatic N) is 6. The van der Waals surface area contributed by atoms with Crippen LogP contribution in [-0.2, 0) is 20.5 Å². The first kappa shape index (κ1) is 25.7. The molecular weight excluding hydrogens is 504 g/mol. The van der Waals surface area contributed by atoms with E-state index in [1.165, 1.54) is 10.3 Å². The molecule has 0 aliphatic carbocycles. The summed E-state index contributed by atoms with van der Waals surface area (Å²) in [4.78, 5) is 29.7. The third kappa shape index (κ3) is 5.33. The molecule has 11 heteroatoms. The molecular formula is C27H30N6O4S. The number of benzene rings is 1. The van der Waals surface area contributed by atoms with E-state index in [2.05, 4.69) is 15.0 Å². The molecule has 0 bridgehead atoms. The second-order valence-electron chi connectivity index (χ2n) is 10.1. The van der Waals surface area contributed by atoms with Gasteiger partial charge in [-0.15, -0.1) is 0 Å². The molecule has 1 fully saturated rings. The van der Waals surface area contributed by atoms with E-state index >= 15 is 0 Å². The van der Waals surface area contributed by atoms with Crippen molar-refractivity contribution in [3.8, 4) is 11.3 Å². The van der Waals surface area contributed by atoms with Crippen LogP contribution >= 0.6 is 0 Å². The molecule has 198 valence electrons. The lowest BCUT2D eigenvalue weighted by Gasteiger charge is -2.36. The summed E-state index contributed by atoms with van der Waals surface area (Å²) in [7, 11) is -3.80. The minimum atomic E-state index is -3.80. The number of amides is 1. The van der Waals surface area contributed by atoms with E-state index in [0.29, 0.717) is 59.9 Å². The van der Waals surface area contributed by atoms with Gasteiger partial charge in [-0.1, -0.05) is 36.4 Å². The summed E-state index contributed by atoms with van der Waals surface area (Å²) in [5, 5.41) is 0.605. The van der Waals surface area contributed by atoms with E-state index in [4.69, 9.17) is 4.74 Å². The fraction of sp³-hybridized carbons (Fsp3) is 0.333. The quantitative estimate of drug-likeness (QED) is 0.379. The van der Waals surface area contributed by atoms with Crippen LogP contribution in [0.4, 0.5) is 10.6 Å². The van der Waals surface area contributed by atoms with Crippen molar-refractivity contribution in [1.29, 1.82) is 0 Å². The molecule has 5 rings (SSSR count). The van der Waals surface area contributed by atoms with Crippen molar-refractivity contribution in [1.82, 2.24) is 23.8 Å². The molecule has 1 aliphatic heterocycles. The molecule has 1 amide bonds.